The number of carbonyl (C=O) groups excluding carboxylic acids is 1. The molecule has 0 bridgehead atoms. The zero-order valence-corrected chi connectivity index (χ0v) is 11.0. The summed E-state index contributed by atoms with van der Waals surface area (Å²) in [6, 6.07) is 5.22. The van der Waals surface area contributed by atoms with Crippen molar-refractivity contribution < 1.29 is 4.79 Å². The molecule has 0 aliphatic rings. The van der Waals surface area contributed by atoms with E-state index in [4.69, 9.17) is 28.9 Å². The molecule has 1 rings (SSSR count). The molecule has 0 unspecified atom stereocenters. The first-order valence-electron chi connectivity index (χ1n) is 5.09. The molecule has 0 atom stereocenters. The fourth-order valence-corrected chi connectivity index (χ4v) is 1.92. The molecule has 0 spiro atoms. The fraction of sp³-hybridized carbons (Fsp3) is 0.250. The van der Waals surface area contributed by atoms with Crippen LogP contribution >= 0.6 is 23.2 Å². The maximum atomic E-state index is 11.6. The van der Waals surface area contributed by atoms with Crippen molar-refractivity contribution in [1.82, 2.24) is 4.90 Å². The molecule has 1 aromatic carbocycles. The zero-order valence-electron chi connectivity index (χ0n) is 9.49. The average Bonchev–Trinajstić information content (AvgIpc) is 2.24. The molecule has 2 N–H and O–H groups in total. The highest BCUT2D eigenvalue weighted by atomic mass is 35.5. The van der Waals surface area contributed by atoms with Crippen LogP contribution in [0.5, 0.6) is 0 Å². The lowest BCUT2D eigenvalue weighted by molar-refractivity contribution is -0.125. The van der Waals surface area contributed by atoms with Gasteiger partial charge in [0.05, 0.1) is 0 Å². The van der Waals surface area contributed by atoms with E-state index in [1.54, 1.807) is 36.2 Å². The SMILES string of the molecule is CN(Cc1cc(Cl)cc(Cl)c1)C(=O)/C=C/CN. The van der Waals surface area contributed by atoms with Crippen LogP contribution in [-0.4, -0.2) is 24.4 Å². The van der Waals surface area contributed by atoms with Crippen molar-refractivity contribution in [2.75, 3.05) is 13.6 Å². The summed E-state index contributed by atoms with van der Waals surface area (Å²) in [7, 11) is 1.71. The Morgan fingerprint density at radius 2 is 1.94 bits per heavy atom. The van der Waals surface area contributed by atoms with Crippen LogP contribution in [0.4, 0.5) is 0 Å². The number of amides is 1. The number of rotatable bonds is 4. The number of nitrogens with two attached hydrogens (primary N) is 1. The predicted molar refractivity (Wildman–Crippen MR) is 71.1 cm³/mol. The van der Waals surface area contributed by atoms with E-state index in [1.807, 2.05) is 0 Å². The number of nitrogens with zero attached hydrogens (tertiary/aromatic N) is 1. The molecule has 3 nitrogen and oxygen atoms in total. The molecule has 0 aliphatic carbocycles. The summed E-state index contributed by atoms with van der Waals surface area (Å²) in [4.78, 5) is 13.2. The second-order valence-corrected chi connectivity index (χ2v) is 4.48. The number of carbonyl (C=O) groups is 1. The van der Waals surface area contributed by atoms with Gasteiger partial charge in [-0.25, -0.2) is 0 Å². The summed E-state index contributed by atoms with van der Waals surface area (Å²) < 4.78 is 0. The van der Waals surface area contributed by atoms with Gasteiger partial charge >= 0.3 is 0 Å². The molecule has 0 radical (unpaired) electrons. The lowest BCUT2D eigenvalue weighted by Gasteiger charge is -2.15. The first-order chi connectivity index (χ1) is 8.02. The Morgan fingerprint density at radius 3 is 2.47 bits per heavy atom. The lowest BCUT2D eigenvalue weighted by Crippen LogP contribution is -2.24. The van der Waals surface area contributed by atoms with E-state index in [-0.39, 0.29) is 5.91 Å². The van der Waals surface area contributed by atoms with Gasteiger partial charge in [0.15, 0.2) is 0 Å². The van der Waals surface area contributed by atoms with Crippen molar-refractivity contribution in [3.05, 3.63) is 46.0 Å². The van der Waals surface area contributed by atoms with Gasteiger partial charge in [-0.05, 0) is 23.8 Å². The van der Waals surface area contributed by atoms with E-state index in [9.17, 15) is 4.79 Å². The Hall–Kier alpha value is -1.03. The summed E-state index contributed by atoms with van der Waals surface area (Å²) in [5, 5.41) is 1.12. The predicted octanol–water partition coefficient (Wildman–Crippen LogP) is 2.47. The quantitative estimate of drug-likeness (QED) is 0.856. The van der Waals surface area contributed by atoms with Gasteiger partial charge in [-0.1, -0.05) is 29.3 Å². The molecule has 17 heavy (non-hydrogen) atoms. The summed E-state index contributed by atoms with van der Waals surface area (Å²) in [5.41, 5.74) is 6.17. The van der Waals surface area contributed by atoms with Crippen molar-refractivity contribution in [3.8, 4) is 0 Å². The molecule has 0 aromatic heterocycles. The van der Waals surface area contributed by atoms with Gasteiger partial charge in [0, 0.05) is 36.3 Å². The smallest absolute Gasteiger partial charge is 0.246 e. The van der Waals surface area contributed by atoms with E-state index in [0.717, 1.165) is 5.56 Å². The number of benzene rings is 1. The molecule has 5 heteroatoms. The third kappa shape index (κ3) is 4.77. The van der Waals surface area contributed by atoms with Gasteiger partial charge in [0.25, 0.3) is 0 Å². The Kier molecular flexibility index (Phi) is 5.48. The first kappa shape index (κ1) is 14.0. The van der Waals surface area contributed by atoms with Gasteiger partial charge < -0.3 is 10.6 Å². The van der Waals surface area contributed by atoms with E-state index in [2.05, 4.69) is 0 Å². The van der Waals surface area contributed by atoms with E-state index < -0.39 is 0 Å². The molecule has 0 aliphatic heterocycles. The average molecular weight is 273 g/mol. The first-order valence-corrected chi connectivity index (χ1v) is 5.85. The van der Waals surface area contributed by atoms with Gasteiger partial charge in [0.2, 0.25) is 5.91 Å². The molecule has 1 amide bonds. The standard InChI is InChI=1S/C12H14Cl2N2O/c1-16(12(17)3-2-4-15)8-9-5-10(13)7-11(14)6-9/h2-3,5-7H,4,8,15H2,1H3/b3-2+. The molecule has 0 saturated heterocycles. The summed E-state index contributed by atoms with van der Waals surface area (Å²) >= 11 is 11.8. The van der Waals surface area contributed by atoms with Crippen LogP contribution in [-0.2, 0) is 11.3 Å². The number of hydrogen-bond donors (Lipinski definition) is 1. The highest BCUT2D eigenvalue weighted by Gasteiger charge is 2.06. The van der Waals surface area contributed by atoms with Crippen molar-refractivity contribution in [2.24, 2.45) is 5.73 Å². The monoisotopic (exact) mass is 272 g/mol. The normalized spacial score (nSPS) is 10.8. The highest BCUT2D eigenvalue weighted by molar-refractivity contribution is 6.34. The second-order valence-electron chi connectivity index (χ2n) is 3.61. The van der Waals surface area contributed by atoms with Crippen LogP contribution in [0.15, 0.2) is 30.4 Å². The number of halogens is 2. The van der Waals surface area contributed by atoms with E-state index >= 15 is 0 Å². The molecular weight excluding hydrogens is 259 g/mol. The minimum atomic E-state index is -0.105. The Morgan fingerprint density at radius 1 is 1.35 bits per heavy atom. The minimum absolute atomic E-state index is 0.105. The van der Waals surface area contributed by atoms with Crippen molar-refractivity contribution in [1.29, 1.82) is 0 Å². The molecular formula is C12H14Cl2N2O. The summed E-state index contributed by atoms with van der Waals surface area (Å²) in [6.45, 7) is 0.802. The Balaban J connectivity index is 2.70. The van der Waals surface area contributed by atoms with Crippen LogP contribution in [0, 0.1) is 0 Å². The van der Waals surface area contributed by atoms with Crippen LogP contribution in [0.3, 0.4) is 0 Å². The van der Waals surface area contributed by atoms with Crippen LogP contribution in [0.1, 0.15) is 5.56 Å². The zero-order chi connectivity index (χ0) is 12.8. The minimum Gasteiger partial charge on any atom is -0.338 e. The number of hydrogen-bond acceptors (Lipinski definition) is 2. The van der Waals surface area contributed by atoms with Crippen molar-refractivity contribution >= 4 is 29.1 Å². The third-order valence-electron chi connectivity index (χ3n) is 2.11. The molecule has 92 valence electrons. The van der Waals surface area contributed by atoms with Crippen molar-refractivity contribution in [2.45, 2.75) is 6.54 Å². The van der Waals surface area contributed by atoms with Gasteiger partial charge in [-0.15, -0.1) is 0 Å². The lowest BCUT2D eigenvalue weighted by atomic mass is 10.2. The largest absolute Gasteiger partial charge is 0.338 e. The Bertz CT molecular complexity index is 412. The van der Waals surface area contributed by atoms with Crippen molar-refractivity contribution in [3.63, 3.8) is 0 Å². The van der Waals surface area contributed by atoms with Gasteiger partial charge in [-0.3, -0.25) is 4.79 Å². The molecule has 0 saturated carbocycles. The second kappa shape index (κ2) is 6.64. The van der Waals surface area contributed by atoms with Crippen LogP contribution in [0.25, 0.3) is 0 Å². The summed E-state index contributed by atoms with van der Waals surface area (Å²) in [6.07, 6.45) is 3.07. The molecule has 0 fully saturated rings. The molecule has 1 aromatic rings. The fourth-order valence-electron chi connectivity index (χ4n) is 1.35. The van der Waals surface area contributed by atoms with E-state index in [1.165, 1.54) is 6.08 Å². The topological polar surface area (TPSA) is 46.3 Å². The van der Waals surface area contributed by atoms with Gasteiger partial charge in [0.1, 0.15) is 0 Å². The van der Waals surface area contributed by atoms with Gasteiger partial charge in [-0.2, -0.15) is 0 Å². The summed E-state index contributed by atoms with van der Waals surface area (Å²) in [5.74, 6) is -0.105. The Labute approximate surface area is 111 Å². The highest BCUT2D eigenvalue weighted by Crippen LogP contribution is 2.19. The van der Waals surface area contributed by atoms with Crippen LogP contribution < -0.4 is 5.73 Å². The maximum Gasteiger partial charge on any atom is 0.246 e. The third-order valence-corrected chi connectivity index (χ3v) is 2.55. The van der Waals surface area contributed by atoms with Crippen LogP contribution in [0.2, 0.25) is 10.0 Å². The van der Waals surface area contributed by atoms with E-state index in [0.29, 0.717) is 23.1 Å². The molecule has 0 heterocycles. The number of likely N-dealkylation sites (N-methyl/N-ethyl adjacent to an activating group) is 1. The maximum absolute atomic E-state index is 11.6.